The molecule has 1 aliphatic heterocycles. The highest BCUT2D eigenvalue weighted by atomic mass is 32.2. The lowest BCUT2D eigenvalue weighted by Crippen LogP contribution is -2.55. The summed E-state index contributed by atoms with van der Waals surface area (Å²) in [6, 6.07) is 8.73. The van der Waals surface area contributed by atoms with Crippen LogP contribution in [0.3, 0.4) is 0 Å². The zero-order valence-corrected chi connectivity index (χ0v) is 23.5. The fourth-order valence-electron chi connectivity index (χ4n) is 8.18. The Bertz CT molecular complexity index is 1110. The molecule has 1 aromatic rings. The van der Waals surface area contributed by atoms with Crippen molar-refractivity contribution in [3.8, 4) is 0 Å². The van der Waals surface area contributed by atoms with E-state index in [-0.39, 0.29) is 40.6 Å². The van der Waals surface area contributed by atoms with E-state index < -0.39 is 15.6 Å². The molecule has 36 heavy (non-hydrogen) atoms. The topological polar surface area (TPSA) is 75.7 Å². The zero-order chi connectivity index (χ0) is 26.0. The van der Waals surface area contributed by atoms with Crippen molar-refractivity contribution < 1.29 is 17.9 Å². The van der Waals surface area contributed by atoms with Crippen LogP contribution in [0.1, 0.15) is 84.3 Å². The van der Waals surface area contributed by atoms with Crippen LogP contribution in [0.15, 0.2) is 24.3 Å². The summed E-state index contributed by atoms with van der Waals surface area (Å²) in [5.74, 6) is 0.363. The third-order valence-electron chi connectivity index (χ3n) is 10.3. The van der Waals surface area contributed by atoms with Crippen molar-refractivity contribution in [2.24, 2.45) is 16.7 Å². The smallest absolute Gasteiger partial charge is 0.320 e. The van der Waals surface area contributed by atoms with Crippen LogP contribution in [0.25, 0.3) is 0 Å². The Labute approximate surface area is 217 Å². The minimum Gasteiger partial charge on any atom is -0.459 e. The second-order valence-electron chi connectivity index (χ2n) is 13.5. The number of esters is 1. The van der Waals surface area contributed by atoms with E-state index in [1.807, 2.05) is 20.8 Å². The quantitative estimate of drug-likeness (QED) is 0.567. The first-order valence-corrected chi connectivity index (χ1v) is 15.4. The van der Waals surface area contributed by atoms with E-state index in [0.29, 0.717) is 19.0 Å². The molecular weight excluding hydrogens is 472 g/mol. The fourth-order valence-corrected chi connectivity index (χ4v) is 10.5. The molecule has 7 heteroatoms. The molecule has 1 aromatic carbocycles. The largest absolute Gasteiger partial charge is 0.459 e. The normalized spacial score (nSPS) is 31.0. The second kappa shape index (κ2) is 8.81. The van der Waals surface area contributed by atoms with Crippen molar-refractivity contribution in [2.45, 2.75) is 96.6 Å². The summed E-state index contributed by atoms with van der Waals surface area (Å²) < 4.78 is 35.2. The van der Waals surface area contributed by atoms with Gasteiger partial charge in [0, 0.05) is 24.5 Å². The minimum absolute atomic E-state index is 0.00591. The third kappa shape index (κ3) is 4.33. The van der Waals surface area contributed by atoms with E-state index in [2.05, 4.69) is 43.4 Å². The Morgan fingerprint density at radius 3 is 2.47 bits per heavy atom. The number of carbonyl (C=O) groups is 1. The Hall–Kier alpha value is -1.44. The number of ether oxygens (including phenoxy) is 1. The Kier molecular flexibility index (Phi) is 6.40. The molecule has 3 aliphatic carbocycles. The maximum atomic E-state index is 13.9. The average molecular weight is 517 g/mol. The zero-order valence-electron chi connectivity index (χ0n) is 22.7. The molecule has 1 spiro atoms. The molecule has 3 fully saturated rings. The standard InChI is InChI=1S/C29H44N2O4S/c1-26(2,3)35-25(32)19-30-24-18-22-11-13-29(24,27(22,4)5)20-36(33,34)31-16-14-28(15-17-31)12-10-21-8-6-7-9-23(21)28/h6-9,22,24,30H,10-20H2,1-5H3/t22?,24?,29-/m1/s1. The van der Waals surface area contributed by atoms with Crippen molar-refractivity contribution >= 4 is 16.0 Å². The molecule has 0 amide bonds. The number of nitrogens with zero attached hydrogens (tertiary/aromatic N) is 1. The number of piperidine rings is 1. The van der Waals surface area contributed by atoms with E-state index in [9.17, 15) is 13.2 Å². The van der Waals surface area contributed by atoms with E-state index in [0.717, 1.165) is 44.9 Å². The highest BCUT2D eigenvalue weighted by molar-refractivity contribution is 7.89. The van der Waals surface area contributed by atoms with E-state index >= 15 is 0 Å². The summed E-state index contributed by atoms with van der Waals surface area (Å²) >= 11 is 0. The molecule has 6 nitrogen and oxygen atoms in total. The molecule has 200 valence electrons. The molecule has 2 saturated carbocycles. The van der Waals surface area contributed by atoms with Crippen LogP contribution in [0.5, 0.6) is 0 Å². The van der Waals surface area contributed by atoms with Gasteiger partial charge in [0.2, 0.25) is 10.0 Å². The number of aryl methyl sites for hydroxylation is 1. The van der Waals surface area contributed by atoms with Crippen LogP contribution in [-0.2, 0) is 31.4 Å². The highest BCUT2D eigenvalue weighted by Gasteiger charge is 2.65. The first-order valence-electron chi connectivity index (χ1n) is 13.8. The van der Waals surface area contributed by atoms with Gasteiger partial charge in [-0.25, -0.2) is 12.7 Å². The van der Waals surface area contributed by atoms with Gasteiger partial charge in [0.05, 0.1) is 12.3 Å². The monoisotopic (exact) mass is 516 g/mol. The van der Waals surface area contributed by atoms with Crippen LogP contribution >= 0.6 is 0 Å². The Balaban J connectivity index is 1.29. The van der Waals surface area contributed by atoms with Crippen LogP contribution in [0, 0.1) is 16.7 Å². The molecular formula is C29H44N2O4S. The number of fused-ring (bicyclic) bond motifs is 4. The van der Waals surface area contributed by atoms with Crippen LogP contribution in [-0.4, -0.2) is 55.7 Å². The molecule has 0 radical (unpaired) electrons. The molecule has 4 aliphatic rings. The molecule has 2 unspecified atom stereocenters. The molecule has 1 N–H and O–H groups in total. The number of rotatable bonds is 6. The lowest BCUT2D eigenvalue weighted by atomic mass is 9.69. The first-order chi connectivity index (χ1) is 16.8. The summed E-state index contributed by atoms with van der Waals surface area (Å²) in [5, 5.41) is 3.45. The maximum Gasteiger partial charge on any atom is 0.320 e. The van der Waals surface area contributed by atoms with Crippen LogP contribution in [0.4, 0.5) is 0 Å². The summed E-state index contributed by atoms with van der Waals surface area (Å²) in [6.07, 6.45) is 6.92. The van der Waals surface area contributed by atoms with Crippen LogP contribution < -0.4 is 5.32 Å². The minimum atomic E-state index is -3.43. The van der Waals surface area contributed by atoms with Gasteiger partial charge in [0.1, 0.15) is 5.60 Å². The lowest BCUT2D eigenvalue weighted by molar-refractivity contribution is -0.153. The van der Waals surface area contributed by atoms with Crippen molar-refractivity contribution in [3.05, 3.63) is 35.4 Å². The molecule has 3 atom stereocenters. The molecule has 0 aromatic heterocycles. The number of hydrogen-bond donors (Lipinski definition) is 1. The van der Waals surface area contributed by atoms with Crippen molar-refractivity contribution in [3.63, 3.8) is 0 Å². The summed E-state index contributed by atoms with van der Waals surface area (Å²) in [5.41, 5.74) is 2.04. The number of nitrogens with one attached hydrogen (secondary N) is 1. The van der Waals surface area contributed by atoms with Gasteiger partial charge < -0.3 is 10.1 Å². The lowest BCUT2D eigenvalue weighted by Gasteiger charge is -2.45. The van der Waals surface area contributed by atoms with Crippen LogP contribution in [0.2, 0.25) is 0 Å². The summed E-state index contributed by atoms with van der Waals surface area (Å²) in [4.78, 5) is 12.4. The molecule has 1 saturated heterocycles. The molecule has 1 heterocycles. The average Bonchev–Trinajstić information content (AvgIpc) is 3.33. The third-order valence-corrected chi connectivity index (χ3v) is 12.3. The van der Waals surface area contributed by atoms with Gasteiger partial charge in [-0.2, -0.15) is 0 Å². The van der Waals surface area contributed by atoms with Gasteiger partial charge in [-0.3, -0.25) is 4.79 Å². The maximum absolute atomic E-state index is 13.9. The Morgan fingerprint density at radius 1 is 1.11 bits per heavy atom. The van der Waals surface area contributed by atoms with Gasteiger partial charge in [0.15, 0.2) is 0 Å². The summed E-state index contributed by atoms with van der Waals surface area (Å²) in [7, 11) is -3.43. The van der Waals surface area contributed by atoms with E-state index in [1.54, 1.807) is 4.31 Å². The molecule has 5 rings (SSSR count). The van der Waals surface area contributed by atoms with Crippen molar-refractivity contribution in [1.29, 1.82) is 0 Å². The predicted octanol–water partition coefficient (Wildman–Crippen LogP) is 4.42. The molecule has 2 bridgehead atoms. The number of sulfonamides is 1. The van der Waals surface area contributed by atoms with Gasteiger partial charge >= 0.3 is 5.97 Å². The van der Waals surface area contributed by atoms with Gasteiger partial charge in [-0.05, 0) is 93.6 Å². The van der Waals surface area contributed by atoms with Crippen molar-refractivity contribution in [1.82, 2.24) is 9.62 Å². The first kappa shape index (κ1) is 26.2. The predicted molar refractivity (Wildman–Crippen MR) is 142 cm³/mol. The highest BCUT2D eigenvalue weighted by Crippen LogP contribution is 2.66. The van der Waals surface area contributed by atoms with E-state index in [1.165, 1.54) is 11.1 Å². The number of hydrogen-bond acceptors (Lipinski definition) is 5. The fraction of sp³-hybridized carbons (Fsp3) is 0.759. The van der Waals surface area contributed by atoms with Gasteiger partial charge in [-0.1, -0.05) is 38.1 Å². The van der Waals surface area contributed by atoms with Crippen molar-refractivity contribution in [2.75, 3.05) is 25.4 Å². The number of carbonyl (C=O) groups excluding carboxylic acids is 1. The van der Waals surface area contributed by atoms with E-state index in [4.69, 9.17) is 4.74 Å². The number of benzene rings is 1. The Morgan fingerprint density at radius 2 is 1.81 bits per heavy atom. The summed E-state index contributed by atoms with van der Waals surface area (Å²) in [6.45, 7) is 11.4. The SMILES string of the molecule is CC(C)(C)OC(=O)CNC1CC2CC[C@]1(CS(=O)(=O)N1CCC3(CCc4ccccc43)CC1)C2(C)C. The van der Waals surface area contributed by atoms with Gasteiger partial charge in [-0.15, -0.1) is 0 Å². The second-order valence-corrected chi connectivity index (χ2v) is 15.4. The van der Waals surface area contributed by atoms with Gasteiger partial charge in [0.25, 0.3) is 0 Å².